The largest absolute Gasteiger partial charge is 0.431 e. The van der Waals surface area contributed by atoms with E-state index in [1.54, 1.807) is 12.1 Å². The molecule has 0 radical (unpaired) electrons. The molecule has 0 saturated heterocycles. The zero-order valence-corrected chi connectivity index (χ0v) is 10.8. The summed E-state index contributed by atoms with van der Waals surface area (Å²) in [5.74, 6) is 0.714. The normalized spacial score (nSPS) is 10.7. The number of ether oxygens (including phenoxy) is 1. The van der Waals surface area contributed by atoms with E-state index in [-0.39, 0.29) is 0 Å². The fraction of sp³-hybridized carbons (Fsp3) is 0. The van der Waals surface area contributed by atoms with Crippen LogP contribution in [0.15, 0.2) is 42.5 Å². The number of halogens is 1. The van der Waals surface area contributed by atoms with Gasteiger partial charge >= 0.3 is 0 Å². The summed E-state index contributed by atoms with van der Waals surface area (Å²) in [7, 11) is 0. The van der Waals surface area contributed by atoms with Crippen LogP contribution in [0.25, 0.3) is 10.2 Å². The highest BCUT2D eigenvalue weighted by molar-refractivity contribution is 7.20. The summed E-state index contributed by atoms with van der Waals surface area (Å²) in [4.78, 5) is 4.38. The van der Waals surface area contributed by atoms with E-state index in [4.69, 9.17) is 22.1 Å². The molecule has 0 aliphatic rings. The van der Waals surface area contributed by atoms with Crippen LogP contribution >= 0.6 is 22.9 Å². The third kappa shape index (κ3) is 2.25. The summed E-state index contributed by atoms with van der Waals surface area (Å²) >= 11 is 7.28. The first kappa shape index (κ1) is 11.3. The molecule has 0 unspecified atom stereocenters. The lowest BCUT2D eigenvalue weighted by Gasteiger charge is -2.00. The number of rotatable bonds is 2. The number of nitrogen functional groups attached to an aromatic ring is 1. The van der Waals surface area contributed by atoms with Gasteiger partial charge in [0.25, 0.3) is 5.19 Å². The molecule has 0 amide bonds. The van der Waals surface area contributed by atoms with Gasteiger partial charge in [0.1, 0.15) is 5.75 Å². The van der Waals surface area contributed by atoms with E-state index in [1.807, 2.05) is 30.3 Å². The molecule has 0 aliphatic carbocycles. The van der Waals surface area contributed by atoms with Crippen molar-refractivity contribution in [2.45, 2.75) is 0 Å². The molecule has 1 aromatic heterocycles. The summed E-state index contributed by atoms with van der Waals surface area (Å²) in [6.07, 6.45) is 0. The number of fused-ring (bicyclic) bond motifs is 1. The molecule has 3 rings (SSSR count). The smallest absolute Gasteiger partial charge is 0.279 e. The molecular formula is C13H9ClN2OS. The average molecular weight is 277 g/mol. The van der Waals surface area contributed by atoms with E-state index in [0.29, 0.717) is 16.0 Å². The number of nitrogens with zero attached hydrogens (tertiary/aromatic N) is 1. The predicted octanol–water partition coefficient (Wildman–Crippen LogP) is 4.32. The number of thiazole rings is 1. The monoisotopic (exact) mass is 276 g/mol. The van der Waals surface area contributed by atoms with E-state index in [9.17, 15) is 0 Å². The number of hydrogen-bond acceptors (Lipinski definition) is 4. The van der Waals surface area contributed by atoms with Gasteiger partial charge in [0.2, 0.25) is 0 Å². The molecule has 0 atom stereocenters. The Labute approximate surface area is 113 Å². The minimum Gasteiger partial charge on any atom is -0.431 e. The van der Waals surface area contributed by atoms with Gasteiger partial charge in [-0.1, -0.05) is 22.9 Å². The Morgan fingerprint density at radius 2 is 1.89 bits per heavy atom. The molecule has 0 spiro atoms. The van der Waals surface area contributed by atoms with E-state index in [1.165, 1.54) is 11.3 Å². The SMILES string of the molecule is Nc1ccc2nc(Oc3ccc(Cl)cc3)sc2c1. The molecule has 0 saturated carbocycles. The third-order valence-corrected chi connectivity index (χ3v) is 3.56. The molecule has 3 nitrogen and oxygen atoms in total. The summed E-state index contributed by atoms with van der Waals surface area (Å²) in [5.41, 5.74) is 7.34. The highest BCUT2D eigenvalue weighted by Crippen LogP contribution is 2.32. The van der Waals surface area contributed by atoms with Crippen molar-refractivity contribution in [1.82, 2.24) is 4.98 Å². The maximum Gasteiger partial charge on any atom is 0.279 e. The Bertz CT molecular complexity index is 694. The van der Waals surface area contributed by atoms with Gasteiger partial charge < -0.3 is 10.5 Å². The van der Waals surface area contributed by atoms with Crippen molar-refractivity contribution < 1.29 is 4.74 Å². The molecule has 0 aliphatic heterocycles. The number of nitrogens with two attached hydrogens (primary N) is 1. The van der Waals surface area contributed by atoms with Crippen molar-refractivity contribution in [1.29, 1.82) is 0 Å². The second-order valence-corrected chi connectivity index (χ2v) is 5.19. The van der Waals surface area contributed by atoms with Crippen molar-refractivity contribution in [3.63, 3.8) is 0 Å². The van der Waals surface area contributed by atoms with Gasteiger partial charge in [0.15, 0.2) is 0 Å². The Morgan fingerprint density at radius 3 is 2.67 bits per heavy atom. The van der Waals surface area contributed by atoms with Crippen LogP contribution in [0.1, 0.15) is 0 Å². The maximum atomic E-state index is 5.81. The quantitative estimate of drug-likeness (QED) is 0.709. The number of benzene rings is 2. The topological polar surface area (TPSA) is 48.1 Å². The zero-order valence-electron chi connectivity index (χ0n) is 9.26. The fourth-order valence-electron chi connectivity index (χ4n) is 1.57. The summed E-state index contributed by atoms with van der Waals surface area (Å²) in [6, 6.07) is 12.8. The maximum absolute atomic E-state index is 5.81. The number of aromatic nitrogens is 1. The summed E-state index contributed by atoms with van der Waals surface area (Å²) in [6.45, 7) is 0. The lowest BCUT2D eigenvalue weighted by atomic mass is 10.3. The lowest BCUT2D eigenvalue weighted by molar-refractivity contribution is 0.480. The van der Waals surface area contributed by atoms with E-state index in [0.717, 1.165) is 15.9 Å². The van der Waals surface area contributed by atoms with Gasteiger partial charge in [0, 0.05) is 10.7 Å². The minimum absolute atomic E-state index is 0.595. The van der Waals surface area contributed by atoms with E-state index >= 15 is 0 Å². The molecule has 0 fully saturated rings. The van der Waals surface area contributed by atoms with Crippen molar-refractivity contribution in [3.8, 4) is 10.9 Å². The Morgan fingerprint density at radius 1 is 1.11 bits per heavy atom. The highest BCUT2D eigenvalue weighted by atomic mass is 35.5. The summed E-state index contributed by atoms with van der Waals surface area (Å²) < 4.78 is 6.68. The molecule has 5 heteroatoms. The molecule has 2 aromatic carbocycles. The van der Waals surface area contributed by atoms with E-state index in [2.05, 4.69) is 4.98 Å². The Balaban J connectivity index is 1.92. The lowest BCUT2D eigenvalue weighted by Crippen LogP contribution is -1.82. The van der Waals surface area contributed by atoms with Gasteiger partial charge in [-0.05, 0) is 42.5 Å². The van der Waals surface area contributed by atoms with Crippen molar-refractivity contribution in [3.05, 3.63) is 47.5 Å². The Kier molecular flexibility index (Phi) is 2.81. The first-order valence-electron chi connectivity index (χ1n) is 5.30. The standard InChI is InChI=1S/C13H9ClN2OS/c14-8-1-4-10(5-2-8)17-13-16-11-6-3-9(15)7-12(11)18-13/h1-7H,15H2. The van der Waals surface area contributed by atoms with Gasteiger partial charge in [-0.2, -0.15) is 0 Å². The molecule has 2 N–H and O–H groups in total. The fourth-order valence-corrected chi connectivity index (χ4v) is 2.58. The van der Waals surface area contributed by atoms with Crippen molar-refractivity contribution in [2.75, 3.05) is 5.73 Å². The minimum atomic E-state index is 0.595. The second kappa shape index (κ2) is 4.48. The molecule has 3 aromatic rings. The average Bonchev–Trinajstić information content (AvgIpc) is 2.73. The van der Waals surface area contributed by atoms with Crippen LogP contribution < -0.4 is 10.5 Å². The molecule has 90 valence electrons. The van der Waals surface area contributed by atoms with Crippen LogP contribution in [0.5, 0.6) is 10.9 Å². The highest BCUT2D eigenvalue weighted by Gasteiger charge is 2.06. The third-order valence-electron chi connectivity index (χ3n) is 2.41. The van der Waals surface area contributed by atoms with Gasteiger partial charge in [-0.15, -0.1) is 0 Å². The molecule has 18 heavy (non-hydrogen) atoms. The second-order valence-electron chi connectivity index (χ2n) is 3.76. The van der Waals surface area contributed by atoms with Gasteiger partial charge in [-0.25, -0.2) is 4.98 Å². The van der Waals surface area contributed by atoms with Crippen LogP contribution in [0.3, 0.4) is 0 Å². The van der Waals surface area contributed by atoms with Gasteiger partial charge in [-0.3, -0.25) is 0 Å². The first-order chi connectivity index (χ1) is 8.70. The molecule has 0 bridgehead atoms. The molecule has 1 heterocycles. The van der Waals surface area contributed by atoms with Crippen LogP contribution in [0.2, 0.25) is 5.02 Å². The van der Waals surface area contributed by atoms with Crippen LogP contribution in [-0.2, 0) is 0 Å². The number of hydrogen-bond donors (Lipinski definition) is 1. The number of anilines is 1. The van der Waals surface area contributed by atoms with Crippen LogP contribution in [0, 0.1) is 0 Å². The predicted molar refractivity (Wildman–Crippen MR) is 75.6 cm³/mol. The molecular weight excluding hydrogens is 268 g/mol. The first-order valence-corrected chi connectivity index (χ1v) is 6.50. The van der Waals surface area contributed by atoms with Crippen molar-refractivity contribution >= 4 is 38.8 Å². The van der Waals surface area contributed by atoms with Crippen LogP contribution in [0.4, 0.5) is 5.69 Å². The van der Waals surface area contributed by atoms with E-state index < -0.39 is 0 Å². The van der Waals surface area contributed by atoms with Gasteiger partial charge in [0.05, 0.1) is 10.2 Å². The van der Waals surface area contributed by atoms with Crippen LogP contribution in [-0.4, -0.2) is 4.98 Å². The van der Waals surface area contributed by atoms with Crippen molar-refractivity contribution in [2.24, 2.45) is 0 Å². The summed E-state index contributed by atoms with van der Waals surface area (Å²) in [5, 5.41) is 1.28. The zero-order chi connectivity index (χ0) is 12.5. The Hall–Kier alpha value is -1.78.